The Balaban J connectivity index is 1.49. The molecule has 2 aliphatic rings. The van der Waals surface area contributed by atoms with E-state index < -0.39 is 0 Å². The number of nitrogens with zero attached hydrogens (tertiary/aromatic N) is 1. The van der Waals surface area contributed by atoms with Crippen LogP contribution in [-0.4, -0.2) is 36.2 Å². The largest absolute Gasteiger partial charge is 0.378 e. The second-order valence-electron chi connectivity index (χ2n) is 5.61. The zero-order valence-corrected chi connectivity index (χ0v) is 12.7. The third-order valence-corrected chi connectivity index (χ3v) is 5.17. The maximum absolute atomic E-state index is 5.58. The van der Waals surface area contributed by atoms with Crippen LogP contribution in [0, 0.1) is 5.92 Å². The van der Waals surface area contributed by atoms with Crippen molar-refractivity contribution >= 4 is 16.9 Å². The molecule has 0 saturated carbocycles. The van der Waals surface area contributed by atoms with E-state index in [1.165, 1.54) is 5.56 Å². The van der Waals surface area contributed by atoms with Gasteiger partial charge in [0, 0.05) is 30.9 Å². The van der Waals surface area contributed by atoms with Crippen molar-refractivity contribution in [3.05, 3.63) is 35.9 Å². The summed E-state index contributed by atoms with van der Waals surface area (Å²) in [6, 6.07) is 11.2. The molecular weight excluding hydrogens is 268 g/mol. The zero-order chi connectivity index (χ0) is 13.8. The fraction of sp³-hybridized carbons (Fsp3) is 0.562. The molecule has 2 saturated heterocycles. The van der Waals surface area contributed by atoms with Crippen molar-refractivity contribution in [3.8, 4) is 0 Å². The summed E-state index contributed by atoms with van der Waals surface area (Å²) in [5.41, 5.74) is 1.39. The number of nitrogens with one attached hydrogen (secondary N) is 1. The molecule has 3 atom stereocenters. The Morgan fingerprint density at radius 1 is 1.35 bits per heavy atom. The first-order valence-electron chi connectivity index (χ1n) is 7.40. The molecule has 2 heterocycles. The highest BCUT2D eigenvalue weighted by Crippen LogP contribution is 2.22. The summed E-state index contributed by atoms with van der Waals surface area (Å²) >= 11 is 1.85. The van der Waals surface area contributed by atoms with Gasteiger partial charge in [-0.3, -0.25) is 4.99 Å². The SMILES string of the molecule is CC1OCCC1CN=C1NC(Cc2ccccc2)CS1. The lowest BCUT2D eigenvalue weighted by Gasteiger charge is -2.12. The Kier molecular flexibility index (Phi) is 4.63. The number of hydrogen-bond donors (Lipinski definition) is 1. The van der Waals surface area contributed by atoms with Crippen LogP contribution < -0.4 is 5.32 Å². The van der Waals surface area contributed by atoms with Gasteiger partial charge in [-0.15, -0.1) is 0 Å². The summed E-state index contributed by atoms with van der Waals surface area (Å²) in [7, 11) is 0. The Hall–Kier alpha value is -1.00. The predicted octanol–water partition coefficient (Wildman–Crippen LogP) is 2.72. The van der Waals surface area contributed by atoms with E-state index in [4.69, 9.17) is 9.73 Å². The molecule has 4 heteroatoms. The smallest absolute Gasteiger partial charge is 0.156 e. The van der Waals surface area contributed by atoms with Crippen molar-refractivity contribution < 1.29 is 4.74 Å². The molecule has 3 nitrogen and oxygen atoms in total. The number of thioether (sulfide) groups is 1. The van der Waals surface area contributed by atoms with Gasteiger partial charge in [0.2, 0.25) is 0 Å². The summed E-state index contributed by atoms with van der Waals surface area (Å²) < 4.78 is 5.58. The van der Waals surface area contributed by atoms with Crippen LogP contribution in [0.4, 0.5) is 0 Å². The van der Waals surface area contributed by atoms with Gasteiger partial charge in [-0.2, -0.15) is 0 Å². The number of amidine groups is 1. The lowest BCUT2D eigenvalue weighted by atomic mass is 10.0. The van der Waals surface area contributed by atoms with E-state index in [0.29, 0.717) is 18.1 Å². The first-order valence-corrected chi connectivity index (χ1v) is 8.39. The van der Waals surface area contributed by atoms with Crippen molar-refractivity contribution in [1.82, 2.24) is 5.32 Å². The molecule has 0 aliphatic carbocycles. The topological polar surface area (TPSA) is 33.6 Å². The molecule has 0 spiro atoms. The molecule has 108 valence electrons. The minimum absolute atomic E-state index is 0.367. The first-order chi connectivity index (χ1) is 9.81. The van der Waals surface area contributed by atoms with Gasteiger partial charge in [0.15, 0.2) is 5.17 Å². The molecular formula is C16H22N2OS. The van der Waals surface area contributed by atoms with Crippen LogP contribution in [-0.2, 0) is 11.2 Å². The Labute approximate surface area is 125 Å². The number of hydrogen-bond acceptors (Lipinski definition) is 3. The number of rotatable bonds is 4. The van der Waals surface area contributed by atoms with Gasteiger partial charge in [0.25, 0.3) is 0 Å². The second-order valence-corrected chi connectivity index (χ2v) is 6.62. The molecule has 3 unspecified atom stereocenters. The molecule has 0 bridgehead atoms. The first kappa shape index (κ1) is 14.0. The number of ether oxygens (including phenoxy) is 1. The highest BCUT2D eigenvalue weighted by Gasteiger charge is 2.25. The summed E-state index contributed by atoms with van der Waals surface area (Å²) in [5, 5.41) is 4.67. The maximum atomic E-state index is 5.58. The summed E-state index contributed by atoms with van der Waals surface area (Å²) in [5.74, 6) is 1.71. The highest BCUT2D eigenvalue weighted by molar-refractivity contribution is 8.14. The fourth-order valence-corrected chi connectivity index (χ4v) is 3.73. The van der Waals surface area contributed by atoms with Crippen molar-refractivity contribution in [2.24, 2.45) is 10.9 Å². The van der Waals surface area contributed by atoms with Crippen molar-refractivity contribution in [3.63, 3.8) is 0 Å². The van der Waals surface area contributed by atoms with E-state index in [9.17, 15) is 0 Å². The quantitative estimate of drug-likeness (QED) is 0.925. The van der Waals surface area contributed by atoms with Crippen LogP contribution in [0.1, 0.15) is 18.9 Å². The van der Waals surface area contributed by atoms with Gasteiger partial charge >= 0.3 is 0 Å². The van der Waals surface area contributed by atoms with Crippen molar-refractivity contribution in [2.75, 3.05) is 18.9 Å². The van der Waals surface area contributed by atoms with Gasteiger partial charge < -0.3 is 10.1 Å². The summed E-state index contributed by atoms with van der Waals surface area (Å²) in [4.78, 5) is 4.74. The molecule has 1 aromatic carbocycles. The molecule has 0 radical (unpaired) electrons. The molecule has 1 aromatic rings. The maximum Gasteiger partial charge on any atom is 0.156 e. The van der Waals surface area contributed by atoms with E-state index >= 15 is 0 Å². The predicted molar refractivity (Wildman–Crippen MR) is 85.4 cm³/mol. The minimum Gasteiger partial charge on any atom is -0.378 e. The summed E-state index contributed by atoms with van der Waals surface area (Å²) in [6.45, 7) is 3.95. The summed E-state index contributed by atoms with van der Waals surface area (Å²) in [6.07, 6.45) is 2.59. The van der Waals surface area contributed by atoms with Gasteiger partial charge in [-0.25, -0.2) is 0 Å². The third kappa shape index (κ3) is 3.55. The van der Waals surface area contributed by atoms with E-state index in [2.05, 4.69) is 42.6 Å². The average molecular weight is 290 g/mol. The average Bonchev–Trinajstić information content (AvgIpc) is 3.07. The van der Waals surface area contributed by atoms with E-state index in [-0.39, 0.29) is 0 Å². The molecule has 0 amide bonds. The molecule has 3 rings (SSSR count). The Morgan fingerprint density at radius 2 is 2.20 bits per heavy atom. The normalized spacial score (nSPS) is 31.6. The molecule has 2 fully saturated rings. The third-order valence-electron chi connectivity index (χ3n) is 4.08. The monoisotopic (exact) mass is 290 g/mol. The molecule has 20 heavy (non-hydrogen) atoms. The molecule has 1 N–H and O–H groups in total. The lowest BCUT2D eigenvalue weighted by Crippen LogP contribution is -2.29. The van der Waals surface area contributed by atoms with E-state index in [1.807, 2.05) is 11.8 Å². The van der Waals surface area contributed by atoms with Gasteiger partial charge in [-0.05, 0) is 25.3 Å². The molecule has 0 aromatic heterocycles. The van der Waals surface area contributed by atoms with Crippen molar-refractivity contribution in [1.29, 1.82) is 0 Å². The fourth-order valence-electron chi connectivity index (χ4n) is 2.75. The van der Waals surface area contributed by atoms with Gasteiger partial charge in [0.1, 0.15) is 0 Å². The van der Waals surface area contributed by atoms with Crippen molar-refractivity contribution in [2.45, 2.75) is 31.9 Å². The van der Waals surface area contributed by atoms with Gasteiger partial charge in [-0.1, -0.05) is 42.1 Å². The number of benzene rings is 1. The second kappa shape index (κ2) is 6.64. The zero-order valence-electron chi connectivity index (χ0n) is 11.9. The Bertz CT molecular complexity index is 463. The van der Waals surface area contributed by atoms with Crippen LogP contribution in [0.3, 0.4) is 0 Å². The lowest BCUT2D eigenvalue weighted by molar-refractivity contribution is 0.107. The standard InChI is InChI=1S/C16H22N2OS/c1-12-14(7-8-19-12)10-17-16-18-15(11-20-16)9-13-5-3-2-4-6-13/h2-6,12,14-15H,7-11H2,1H3,(H,17,18). The van der Waals surface area contributed by atoms with E-state index in [0.717, 1.165) is 36.9 Å². The van der Waals surface area contributed by atoms with Crippen LogP contribution in [0.25, 0.3) is 0 Å². The van der Waals surface area contributed by atoms with Crippen LogP contribution in [0.5, 0.6) is 0 Å². The number of aliphatic imine (C=N–C) groups is 1. The Morgan fingerprint density at radius 3 is 2.95 bits per heavy atom. The van der Waals surface area contributed by atoms with Crippen LogP contribution in [0.2, 0.25) is 0 Å². The minimum atomic E-state index is 0.367. The van der Waals surface area contributed by atoms with Crippen LogP contribution in [0.15, 0.2) is 35.3 Å². The highest BCUT2D eigenvalue weighted by atomic mass is 32.2. The van der Waals surface area contributed by atoms with Crippen LogP contribution >= 0.6 is 11.8 Å². The molecule has 2 aliphatic heterocycles. The van der Waals surface area contributed by atoms with Gasteiger partial charge in [0.05, 0.1) is 6.10 Å². The van der Waals surface area contributed by atoms with E-state index in [1.54, 1.807) is 0 Å².